The van der Waals surface area contributed by atoms with Crippen molar-refractivity contribution in [3.05, 3.63) is 23.2 Å². The molecular formula is C14H19N3O2S. The SMILES string of the molecule is CC(CO)CCCNC(=O)c1sc2ncccc2c1N. The van der Waals surface area contributed by atoms with Crippen LogP contribution in [0, 0.1) is 5.92 Å². The van der Waals surface area contributed by atoms with Gasteiger partial charge in [-0.2, -0.15) is 0 Å². The molecule has 0 bridgehead atoms. The van der Waals surface area contributed by atoms with Crippen molar-refractivity contribution in [3.63, 3.8) is 0 Å². The Morgan fingerprint density at radius 1 is 1.60 bits per heavy atom. The van der Waals surface area contributed by atoms with Crippen LogP contribution in [0.5, 0.6) is 0 Å². The van der Waals surface area contributed by atoms with Gasteiger partial charge in [-0.15, -0.1) is 11.3 Å². The molecule has 0 spiro atoms. The number of aromatic nitrogens is 1. The van der Waals surface area contributed by atoms with Crippen molar-refractivity contribution in [2.75, 3.05) is 18.9 Å². The quantitative estimate of drug-likeness (QED) is 0.711. The highest BCUT2D eigenvalue weighted by Crippen LogP contribution is 2.31. The van der Waals surface area contributed by atoms with Gasteiger partial charge in [0.15, 0.2) is 0 Å². The predicted octanol–water partition coefficient (Wildman–Crippen LogP) is 2.02. The van der Waals surface area contributed by atoms with E-state index in [9.17, 15) is 4.79 Å². The van der Waals surface area contributed by atoms with E-state index in [2.05, 4.69) is 10.3 Å². The van der Waals surface area contributed by atoms with Crippen LogP contribution in [-0.4, -0.2) is 29.1 Å². The molecule has 0 aliphatic carbocycles. The van der Waals surface area contributed by atoms with Gasteiger partial charge in [0.05, 0.1) is 5.69 Å². The van der Waals surface area contributed by atoms with Crippen molar-refractivity contribution in [2.45, 2.75) is 19.8 Å². The average molecular weight is 293 g/mol. The Kier molecular flexibility index (Phi) is 4.92. The Bertz CT molecular complexity index is 597. The fourth-order valence-corrected chi connectivity index (χ4v) is 2.92. The van der Waals surface area contributed by atoms with Crippen molar-refractivity contribution in [2.24, 2.45) is 5.92 Å². The zero-order valence-corrected chi connectivity index (χ0v) is 12.2. The second kappa shape index (κ2) is 6.67. The van der Waals surface area contributed by atoms with Gasteiger partial charge in [-0.3, -0.25) is 4.79 Å². The topological polar surface area (TPSA) is 88.2 Å². The first-order chi connectivity index (χ1) is 9.63. The monoisotopic (exact) mass is 293 g/mol. The highest BCUT2D eigenvalue weighted by atomic mass is 32.1. The molecule has 1 unspecified atom stereocenters. The number of pyridine rings is 1. The van der Waals surface area contributed by atoms with Crippen LogP contribution in [0.3, 0.4) is 0 Å². The van der Waals surface area contributed by atoms with Crippen LogP contribution < -0.4 is 11.1 Å². The number of amides is 1. The van der Waals surface area contributed by atoms with E-state index in [1.54, 1.807) is 6.20 Å². The normalized spacial score (nSPS) is 12.5. The van der Waals surface area contributed by atoms with E-state index in [0.29, 0.717) is 17.1 Å². The Morgan fingerprint density at radius 2 is 2.40 bits per heavy atom. The third-order valence-electron chi connectivity index (χ3n) is 3.18. The van der Waals surface area contributed by atoms with E-state index in [4.69, 9.17) is 10.8 Å². The molecule has 108 valence electrons. The molecule has 0 saturated carbocycles. The van der Waals surface area contributed by atoms with E-state index < -0.39 is 0 Å². The highest BCUT2D eigenvalue weighted by molar-refractivity contribution is 7.21. The summed E-state index contributed by atoms with van der Waals surface area (Å²) in [6, 6.07) is 3.68. The van der Waals surface area contributed by atoms with Crippen molar-refractivity contribution in [1.82, 2.24) is 10.3 Å². The number of aliphatic hydroxyl groups is 1. The molecule has 4 N–H and O–H groups in total. The first-order valence-electron chi connectivity index (χ1n) is 6.65. The molecule has 6 heteroatoms. The Labute approximate surface area is 121 Å². The third-order valence-corrected chi connectivity index (χ3v) is 4.31. The standard InChI is InChI=1S/C14H19N3O2S/c1-9(8-18)4-2-6-16-13(19)12-11(15)10-5-3-7-17-14(10)20-12/h3,5,7,9,18H,2,4,6,8,15H2,1H3,(H,16,19). The number of nitrogens with one attached hydrogen (secondary N) is 1. The van der Waals surface area contributed by atoms with Crippen LogP contribution in [0.4, 0.5) is 5.69 Å². The lowest BCUT2D eigenvalue weighted by Crippen LogP contribution is -2.24. The zero-order chi connectivity index (χ0) is 14.5. The van der Waals surface area contributed by atoms with Crippen LogP contribution in [0.1, 0.15) is 29.4 Å². The minimum atomic E-state index is -0.151. The number of hydrogen-bond donors (Lipinski definition) is 3. The lowest BCUT2D eigenvalue weighted by molar-refractivity contribution is 0.0957. The second-order valence-electron chi connectivity index (χ2n) is 4.89. The fraction of sp³-hybridized carbons (Fsp3) is 0.429. The van der Waals surface area contributed by atoms with Crippen LogP contribution in [0.25, 0.3) is 10.2 Å². The van der Waals surface area contributed by atoms with Crippen LogP contribution in [-0.2, 0) is 0 Å². The Balaban J connectivity index is 1.96. The number of carbonyl (C=O) groups is 1. The molecule has 0 aliphatic heterocycles. The molecule has 2 heterocycles. The third kappa shape index (κ3) is 3.26. The number of anilines is 1. The molecule has 1 amide bonds. The van der Waals surface area contributed by atoms with Gasteiger partial charge < -0.3 is 16.2 Å². The van der Waals surface area contributed by atoms with Crippen LogP contribution in [0.15, 0.2) is 18.3 Å². The molecule has 0 fully saturated rings. The van der Waals surface area contributed by atoms with Gasteiger partial charge in [0.1, 0.15) is 9.71 Å². The summed E-state index contributed by atoms with van der Waals surface area (Å²) >= 11 is 1.31. The molecule has 0 aromatic carbocycles. The summed E-state index contributed by atoms with van der Waals surface area (Å²) in [6.07, 6.45) is 3.42. The Morgan fingerprint density at radius 3 is 3.10 bits per heavy atom. The molecule has 0 radical (unpaired) electrons. The summed E-state index contributed by atoms with van der Waals surface area (Å²) in [6.45, 7) is 2.75. The summed E-state index contributed by atoms with van der Waals surface area (Å²) < 4.78 is 0. The van der Waals surface area contributed by atoms with Crippen LogP contribution in [0.2, 0.25) is 0 Å². The molecule has 2 aromatic heterocycles. The first kappa shape index (κ1) is 14.7. The first-order valence-corrected chi connectivity index (χ1v) is 7.47. The van der Waals surface area contributed by atoms with Crippen molar-refractivity contribution in [3.8, 4) is 0 Å². The number of rotatable bonds is 6. The minimum Gasteiger partial charge on any atom is -0.397 e. The number of aliphatic hydroxyl groups excluding tert-OH is 1. The highest BCUT2D eigenvalue weighted by Gasteiger charge is 2.16. The predicted molar refractivity (Wildman–Crippen MR) is 81.8 cm³/mol. The van der Waals surface area contributed by atoms with E-state index in [0.717, 1.165) is 23.1 Å². The molecule has 2 rings (SSSR count). The number of thiophene rings is 1. The van der Waals surface area contributed by atoms with Gasteiger partial charge in [0.2, 0.25) is 0 Å². The zero-order valence-electron chi connectivity index (χ0n) is 11.4. The van der Waals surface area contributed by atoms with E-state index in [1.807, 2.05) is 19.1 Å². The fourth-order valence-electron chi connectivity index (χ4n) is 1.94. The number of nitrogen functional groups attached to an aromatic ring is 1. The molecule has 0 aliphatic rings. The summed E-state index contributed by atoms with van der Waals surface area (Å²) in [5.41, 5.74) is 6.49. The largest absolute Gasteiger partial charge is 0.397 e. The lowest BCUT2D eigenvalue weighted by atomic mass is 10.1. The molecule has 20 heavy (non-hydrogen) atoms. The molecule has 0 saturated heterocycles. The van der Waals surface area contributed by atoms with Gasteiger partial charge in [0, 0.05) is 24.7 Å². The smallest absolute Gasteiger partial charge is 0.263 e. The van der Waals surface area contributed by atoms with Crippen LogP contribution >= 0.6 is 11.3 Å². The Hall–Kier alpha value is -1.66. The van der Waals surface area contributed by atoms with Crippen molar-refractivity contribution in [1.29, 1.82) is 0 Å². The molecule has 2 aromatic rings. The maximum atomic E-state index is 12.1. The second-order valence-corrected chi connectivity index (χ2v) is 5.89. The number of carbonyl (C=O) groups excluding carboxylic acids is 1. The number of nitrogens with two attached hydrogens (primary N) is 1. The van der Waals surface area contributed by atoms with Gasteiger partial charge in [-0.05, 0) is 30.9 Å². The van der Waals surface area contributed by atoms with Gasteiger partial charge >= 0.3 is 0 Å². The van der Waals surface area contributed by atoms with E-state index in [-0.39, 0.29) is 18.4 Å². The van der Waals surface area contributed by atoms with E-state index >= 15 is 0 Å². The van der Waals surface area contributed by atoms with Crippen molar-refractivity contribution >= 4 is 33.1 Å². The minimum absolute atomic E-state index is 0.151. The van der Waals surface area contributed by atoms with Gasteiger partial charge in [-0.1, -0.05) is 6.92 Å². The molecule has 1 atom stereocenters. The maximum Gasteiger partial charge on any atom is 0.263 e. The maximum absolute atomic E-state index is 12.1. The number of fused-ring (bicyclic) bond motifs is 1. The average Bonchev–Trinajstić information content (AvgIpc) is 2.81. The van der Waals surface area contributed by atoms with E-state index in [1.165, 1.54) is 11.3 Å². The van der Waals surface area contributed by atoms with Gasteiger partial charge in [-0.25, -0.2) is 4.98 Å². The molecular weight excluding hydrogens is 274 g/mol. The summed E-state index contributed by atoms with van der Waals surface area (Å²) in [5, 5.41) is 12.6. The lowest BCUT2D eigenvalue weighted by Gasteiger charge is -2.08. The number of hydrogen-bond acceptors (Lipinski definition) is 5. The van der Waals surface area contributed by atoms with Crippen molar-refractivity contribution < 1.29 is 9.90 Å². The summed E-state index contributed by atoms with van der Waals surface area (Å²) in [5.74, 6) is 0.118. The summed E-state index contributed by atoms with van der Waals surface area (Å²) in [7, 11) is 0. The number of nitrogens with zero attached hydrogens (tertiary/aromatic N) is 1. The molecule has 5 nitrogen and oxygen atoms in total. The summed E-state index contributed by atoms with van der Waals surface area (Å²) in [4.78, 5) is 17.6. The van der Waals surface area contributed by atoms with Gasteiger partial charge in [0.25, 0.3) is 5.91 Å².